The Balaban J connectivity index is 1.95. The molecule has 0 unspecified atom stereocenters. The number of benzene rings is 1. The molecule has 3 rings (SSSR count). The lowest BCUT2D eigenvalue weighted by molar-refractivity contribution is 0.181. The van der Waals surface area contributed by atoms with Crippen molar-refractivity contribution in [2.45, 2.75) is 24.8 Å². The molecule has 6 nitrogen and oxygen atoms in total. The van der Waals surface area contributed by atoms with E-state index in [1.165, 1.54) is 12.1 Å². The molecular formula is C12H13N3O3. The molecule has 0 radical (unpaired) electrons. The van der Waals surface area contributed by atoms with Crippen molar-refractivity contribution in [3.8, 4) is 22.9 Å². The SMILES string of the molecule is NC1(c2nc(-c3ccc(O)c(O)c3)no2)CCC1. The highest BCUT2D eigenvalue weighted by atomic mass is 16.5. The summed E-state index contributed by atoms with van der Waals surface area (Å²) in [6.45, 7) is 0. The standard InChI is InChI=1S/C12H13N3O3/c13-12(4-1-5-12)11-14-10(15-18-11)7-2-3-8(16)9(17)6-7/h2-3,6,16-17H,1,4-5,13H2. The number of rotatable bonds is 2. The highest BCUT2D eigenvalue weighted by molar-refractivity contribution is 5.60. The normalized spacial score (nSPS) is 17.4. The Morgan fingerprint density at radius 1 is 1.22 bits per heavy atom. The Hall–Kier alpha value is -2.08. The third-order valence-electron chi connectivity index (χ3n) is 3.33. The van der Waals surface area contributed by atoms with Crippen LogP contribution in [0, 0.1) is 0 Å². The van der Waals surface area contributed by atoms with Crippen LogP contribution in [0.3, 0.4) is 0 Å². The number of aromatic nitrogens is 2. The van der Waals surface area contributed by atoms with E-state index < -0.39 is 5.54 Å². The van der Waals surface area contributed by atoms with Gasteiger partial charge >= 0.3 is 0 Å². The molecule has 0 spiro atoms. The minimum absolute atomic E-state index is 0.184. The molecule has 1 aliphatic carbocycles. The Morgan fingerprint density at radius 2 is 2.00 bits per heavy atom. The van der Waals surface area contributed by atoms with Gasteiger partial charge in [0.15, 0.2) is 11.5 Å². The first-order valence-corrected chi connectivity index (χ1v) is 5.74. The Bertz CT molecular complexity index is 590. The Morgan fingerprint density at radius 3 is 2.61 bits per heavy atom. The van der Waals surface area contributed by atoms with Crippen LogP contribution in [-0.2, 0) is 5.54 Å². The largest absolute Gasteiger partial charge is 0.504 e. The van der Waals surface area contributed by atoms with Gasteiger partial charge in [-0.3, -0.25) is 0 Å². The van der Waals surface area contributed by atoms with Crippen molar-refractivity contribution in [3.63, 3.8) is 0 Å². The fourth-order valence-corrected chi connectivity index (χ4v) is 1.98. The van der Waals surface area contributed by atoms with E-state index in [-0.39, 0.29) is 11.5 Å². The van der Waals surface area contributed by atoms with Crippen molar-refractivity contribution in [1.82, 2.24) is 10.1 Å². The van der Waals surface area contributed by atoms with Gasteiger partial charge in [-0.05, 0) is 37.5 Å². The van der Waals surface area contributed by atoms with Crippen molar-refractivity contribution in [1.29, 1.82) is 0 Å². The maximum atomic E-state index is 9.42. The average molecular weight is 247 g/mol. The molecule has 6 heteroatoms. The Labute approximate surface area is 103 Å². The first-order valence-electron chi connectivity index (χ1n) is 5.74. The molecule has 0 atom stereocenters. The van der Waals surface area contributed by atoms with Crippen LogP contribution in [0.25, 0.3) is 11.4 Å². The summed E-state index contributed by atoms with van der Waals surface area (Å²) in [5.41, 5.74) is 6.16. The van der Waals surface area contributed by atoms with Gasteiger partial charge in [0.1, 0.15) is 0 Å². The molecule has 18 heavy (non-hydrogen) atoms. The summed E-state index contributed by atoms with van der Waals surface area (Å²) >= 11 is 0. The predicted molar refractivity (Wildman–Crippen MR) is 62.8 cm³/mol. The number of phenols is 2. The summed E-state index contributed by atoms with van der Waals surface area (Å²) in [6, 6.07) is 4.36. The second kappa shape index (κ2) is 3.71. The van der Waals surface area contributed by atoms with Gasteiger partial charge in [-0.25, -0.2) is 0 Å². The quantitative estimate of drug-likeness (QED) is 0.694. The van der Waals surface area contributed by atoms with Crippen LogP contribution in [0.4, 0.5) is 0 Å². The fourth-order valence-electron chi connectivity index (χ4n) is 1.98. The fraction of sp³-hybridized carbons (Fsp3) is 0.333. The van der Waals surface area contributed by atoms with E-state index in [1.807, 2.05) is 0 Å². The van der Waals surface area contributed by atoms with Gasteiger partial charge in [0.2, 0.25) is 11.7 Å². The second-order valence-electron chi connectivity index (χ2n) is 4.64. The van der Waals surface area contributed by atoms with E-state index in [0.29, 0.717) is 17.3 Å². The highest BCUT2D eigenvalue weighted by Crippen LogP contribution is 2.38. The van der Waals surface area contributed by atoms with Crippen molar-refractivity contribution in [2.24, 2.45) is 5.73 Å². The third-order valence-corrected chi connectivity index (χ3v) is 3.33. The van der Waals surface area contributed by atoms with Crippen LogP contribution in [0.1, 0.15) is 25.2 Å². The minimum atomic E-state index is -0.496. The number of nitrogens with zero attached hydrogens (tertiary/aromatic N) is 2. The summed E-state index contributed by atoms with van der Waals surface area (Å²) in [6.07, 6.45) is 2.75. The number of hydrogen-bond donors (Lipinski definition) is 3. The predicted octanol–water partition coefficient (Wildman–Crippen LogP) is 1.49. The molecule has 1 aromatic carbocycles. The zero-order chi connectivity index (χ0) is 12.8. The van der Waals surface area contributed by atoms with Crippen molar-refractivity contribution in [2.75, 3.05) is 0 Å². The van der Waals surface area contributed by atoms with Gasteiger partial charge < -0.3 is 20.5 Å². The van der Waals surface area contributed by atoms with E-state index in [1.54, 1.807) is 6.07 Å². The van der Waals surface area contributed by atoms with Gasteiger partial charge in [0.25, 0.3) is 0 Å². The molecule has 2 aromatic rings. The topological polar surface area (TPSA) is 105 Å². The zero-order valence-electron chi connectivity index (χ0n) is 9.63. The zero-order valence-corrected chi connectivity index (χ0v) is 9.63. The van der Waals surface area contributed by atoms with E-state index in [2.05, 4.69) is 10.1 Å². The molecule has 1 aliphatic rings. The van der Waals surface area contributed by atoms with Crippen LogP contribution < -0.4 is 5.73 Å². The monoisotopic (exact) mass is 247 g/mol. The summed E-state index contributed by atoms with van der Waals surface area (Å²) < 4.78 is 5.17. The van der Waals surface area contributed by atoms with Gasteiger partial charge in [-0.2, -0.15) is 4.98 Å². The number of aromatic hydroxyl groups is 2. The van der Waals surface area contributed by atoms with Crippen LogP contribution >= 0.6 is 0 Å². The van der Waals surface area contributed by atoms with E-state index in [9.17, 15) is 10.2 Å². The van der Waals surface area contributed by atoms with Gasteiger partial charge in [0, 0.05) is 5.56 Å². The van der Waals surface area contributed by atoms with Crippen LogP contribution in [-0.4, -0.2) is 20.4 Å². The summed E-state index contributed by atoms with van der Waals surface area (Å²) in [5, 5.41) is 22.5. The lowest BCUT2D eigenvalue weighted by Gasteiger charge is -2.33. The first kappa shape index (κ1) is 11.0. The highest BCUT2D eigenvalue weighted by Gasteiger charge is 2.39. The van der Waals surface area contributed by atoms with Crippen molar-refractivity contribution >= 4 is 0 Å². The van der Waals surface area contributed by atoms with E-state index in [4.69, 9.17) is 10.3 Å². The van der Waals surface area contributed by atoms with Crippen LogP contribution in [0.2, 0.25) is 0 Å². The second-order valence-corrected chi connectivity index (χ2v) is 4.64. The molecular weight excluding hydrogens is 234 g/mol. The molecule has 1 heterocycles. The maximum Gasteiger partial charge on any atom is 0.247 e. The first-order chi connectivity index (χ1) is 8.58. The van der Waals surface area contributed by atoms with Crippen molar-refractivity contribution in [3.05, 3.63) is 24.1 Å². The molecule has 1 aromatic heterocycles. The number of hydrogen-bond acceptors (Lipinski definition) is 6. The molecule has 1 fully saturated rings. The molecule has 4 N–H and O–H groups in total. The number of nitrogens with two attached hydrogens (primary N) is 1. The molecule has 1 saturated carbocycles. The van der Waals surface area contributed by atoms with Gasteiger partial charge in [-0.15, -0.1) is 0 Å². The smallest absolute Gasteiger partial charge is 0.247 e. The molecule has 0 saturated heterocycles. The lowest BCUT2D eigenvalue weighted by Crippen LogP contribution is -2.43. The average Bonchev–Trinajstić information content (AvgIpc) is 2.79. The van der Waals surface area contributed by atoms with Gasteiger partial charge in [0.05, 0.1) is 5.54 Å². The summed E-state index contributed by atoms with van der Waals surface area (Å²) in [4.78, 5) is 4.25. The third kappa shape index (κ3) is 1.62. The minimum Gasteiger partial charge on any atom is -0.504 e. The Kier molecular flexibility index (Phi) is 2.27. The van der Waals surface area contributed by atoms with Crippen molar-refractivity contribution < 1.29 is 14.7 Å². The summed E-state index contributed by atoms with van der Waals surface area (Å²) in [7, 11) is 0. The molecule has 0 aliphatic heterocycles. The van der Waals surface area contributed by atoms with E-state index in [0.717, 1.165) is 19.3 Å². The molecule has 0 amide bonds. The molecule has 94 valence electrons. The van der Waals surface area contributed by atoms with Crippen LogP contribution in [0.5, 0.6) is 11.5 Å². The number of phenolic OH excluding ortho intramolecular Hbond substituents is 2. The van der Waals surface area contributed by atoms with Gasteiger partial charge in [-0.1, -0.05) is 5.16 Å². The van der Waals surface area contributed by atoms with E-state index >= 15 is 0 Å². The summed E-state index contributed by atoms with van der Waals surface area (Å²) in [5.74, 6) is 0.384. The maximum absolute atomic E-state index is 9.42. The molecule has 0 bridgehead atoms. The lowest BCUT2D eigenvalue weighted by atomic mass is 9.78. The van der Waals surface area contributed by atoms with Crippen LogP contribution in [0.15, 0.2) is 22.7 Å².